The molecule has 0 bridgehead atoms. The average Bonchev–Trinajstić information content (AvgIpc) is 3.36. The molecule has 3 aromatic rings. The molecule has 0 N–H and O–H groups in total. The summed E-state index contributed by atoms with van der Waals surface area (Å²) in [5, 5.41) is 2.33. The molecule has 0 aromatic heterocycles. The number of fused-ring (bicyclic) bond motifs is 5. The Bertz CT molecular complexity index is 1370. The van der Waals surface area contributed by atoms with E-state index in [-0.39, 0.29) is 29.8 Å². The van der Waals surface area contributed by atoms with Crippen LogP contribution in [0.25, 0.3) is 23.0 Å². The molecule has 1 atom stereocenters. The van der Waals surface area contributed by atoms with E-state index in [1.54, 1.807) is 0 Å². The van der Waals surface area contributed by atoms with Crippen LogP contribution in [-0.2, 0) is 30.9 Å². The normalized spacial score (nSPS) is 16.7. The van der Waals surface area contributed by atoms with Crippen LogP contribution in [0.1, 0.15) is 11.1 Å². The second-order valence-corrected chi connectivity index (χ2v) is 14.8. The fourth-order valence-electron chi connectivity index (χ4n) is 4.56. The third-order valence-electron chi connectivity index (χ3n) is 5.80. The number of rotatable bonds is 2. The molecule has 6 heteroatoms. The minimum atomic E-state index is -2.54. The Morgan fingerprint density at radius 1 is 0.900 bits per heavy atom. The molecule has 3 aromatic carbocycles. The van der Waals surface area contributed by atoms with Crippen molar-refractivity contribution in [2.75, 3.05) is 0 Å². The predicted molar refractivity (Wildman–Crippen MR) is 116 cm³/mol. The molecule has 0 saturated heterocycles. The predicted octanol–water partition coefficient (Wildman–Crippen LogP) is -1.77. The van der Waals surface area contributed by atoms with Crippen LogP contribution >= 0.6 is 24.8 Å². The quantitative estimate of drug-likeness (QED) is 0.255. The van der Waals surface area contributed by atoms with Gasteiger partial charge in [-0.1, -0.05) is 0 Å². The van der Waals surface area contributed by atoms with Crippen molar-refractivity contribution in [3.05, 3.63) is 97.1 Å². The van der Waals surface area contributed by atoms with E-state index < -0.39 is 19.7 Å². The molecule has 0 fully saturated rings. The summed E-state index contributed by atoms with van der Waals surface area (Å²) in [5.74, 6) is 1.00. The van der Waals surface area contributed by atoms with Crippen LogP contribution in [0.5, 0.6) is 0 Å². The Labute approximate surface area is 207 Å². The van der Waals surface area contributed by atoms with E-state index in [9.17, 15) is 0 Å². The van der Waals surface area contributed by atoms with Crippen LogP contribution < -0.4 is 38.5 Å². The Kier molecular flexibility index (Phi) is 6.37. The van der Waals surface area contributed by atoms with Gasteiger partial charge in [-0.05, 0) is 0 Å². The summed E-state index contributed by atoms with van der Waals surface area (Å²) in [5.41, 5.74) is 6.84. The van der Waals surface area contributed by atoms with Crippen molar-refractivity contribution in [3.63, 3.8) is 0 Å². The first kappa shape index (κ1) is 22.3. The summed E-state index contributed by atoms with van der Waals surface area (Å²) in [4.78, 5) is 0. The first-order chi connectivity index (χ1) is 13.7. The topological polar surface area (TPSA) is 9.23 Å². The van der Waals surface area contributed by atoms with Gasteiger partial charge in [0.05, 0.1) is 0 Å². The first-order valence-corrected chi connectivity index (χ1v) is 16.1. The molecule has 1 nitrogen and oxygen atoms in total. The second kappa shape index (κ2) is 8.56. The Balaban J connectivity index is 0.00000109. The summed E-state index contributed by atoms with van der Waals surface area (Å²) in [6.07, 6.45) is 3.28. The fourth-order valence-corrected chi connectivity index (χ4v) is 13.8. The molecule has 6 rings (SSSR count). The van der Waals surface area contributed by atoms with E-state index in [1.165, 1.54) is 44.8 Å². The van der Waals surface area contributed by atoms with Crippen molar-refractivity contribution < 1.29 is 49.3 Å². The van der Waals surface area contributed by atoms with Gasteiger partial charge >= 0.3 is 184 Å². The summed E-state index contributed by atoms with van der Waals surface area (Å²) in [7, 11) is 6.34. The van der Waals surface area contributed by atoms with Gasteiger partial charge in [0.15, 0.2) is 0 Å². The molecule has 1 heterocycles. The molecule has 1 aliphatic heterocycles. The zero-order chi connectivity index (χ0) is 18.8. The van der Waals surface area contributed by atoms with Crippen LogP contribution in [0, 0.1) is 0 Å². The van der Waals surface area contributed by atoms with Crippen LogP contribution in [0.15, 0.2) is 75.6 Å². The van der Waals surface area contributed by atoms with E-state index in [0.29, 0.717) is 0 Å². The number of ether oxygens (including phenoxy) is 1. The molecular formula is C24H15BrCl2OSZr. The van der Waals surface area contributed by atoms with Crippen molar-refractivity contribution in [2.45, 2.75) is 11.4 Å². The molecule has 0 saturated carbocycles. The van der Waals surface area contributed by atoms with E-state index in [2.05, 4.69) is 88.7 Å². The molecule has 0 amide bonds. The fraction of sp³-hybridized carbons (Fsp3) is 0.0833. The molecule has 0 radical (unpaired) electrons. The van der Waals surface area contributed by atoms with Crippen LogP contribution in [0.3, 0.4) is 0 Å². The third-order valence-corrected chi connectivity index (χ3v) is 14.8. The van der Waals surface area contributed by atoms with Crippen molar-refractivity contribution in [2.24, 2.45) is 0 Å². The molecule has 1 unspecified atom stereocenters. The summed E-state index contributed by atoms with van der Waals surface area (Å²) >= 11 is 1.24. The van der Waals surface area contributed by atoms with E-state index in [0.717, 1.165) is 12.2 Å². The third kappa shape index (κ3) is 3.27. The van der Waals surface area contributed by atoms with E-state index >= 15 is 0 Å². The molecular weight excluding hydrogens is 578 g/mol. The molecule has 148 valence electrons. The van der Waals surface area contributed by atoms with Gasteiger partial charge in [0, 0.05) is 0 Å². The maximum atomic E-state index is 6.34. The maximum absolute atomic E-state index is 6.34. The molecule has 30 heavy (non-hydrogen) atoms. The second-order valence-electron chi connectivity index (χ2n) is 7.32. The summed E-state index contributed by atoms with van der Waals surface area (Å²) in [6.45, 7) is 0. The number of hydrogen-bond acceptors (Lipinski definition) is 2. The summed E-state index contributed by atoms with van der Waals surface area (Å²) < 4.78 is 9.00. The van der Waals surface area contributed by atoms with Crippen molar-refractivity contribution in [3.8, 4) is 11.1 Å². The SMILES string of the molecule is [Cl-].[Cl-].[S]=[Zr+2]([C]1=C2C=c3ccccc3=C2OC1Br)[c]1cccc2c1-c1ccccc1C2. The van der Waals surface area contributed by atoms with Crippen LogP contribution in [0.4, 0.5) is 0 Å². The van der Waals surface area contributed by atoms with Gasteiger partial charge in [-0.3, -0.25) is 0 Å². The number of benzene rings is 3. The number of alkyl halides is 1. The van der Waals surface area contributed by atoms with Gasteiger partial charge in [-0.15, -0.1) is 0 Å². The number of hydrogen-bond donors (Lipinski definition) is 0. The zero-order valence-electron chi connectivity index (χ0n) is 15.7. The van der Waals surface area contributed by atoms with Crippen LogP contribution in [-0.4, -0.2) is 5.01 Å². The van der Waals surface area contributed by atoms with Gasteiger partial charge in [0.25, 0.3) is 0 Å². The first-order valence-electron chi connectivity index (χ1n) is 9.33. The van der Waals surface area contributed by atoms with Gasteiger partial charge in [0.1, 0.15) is 0 Å². The minimum absolute atomic E-state index is 0. The molecule has 2 aliphatic carbocycles. The van der Waals surface area contributed by atoms with E-state index in [1.807, 2.05) is 0 Å². The molecule has 0 spiro atoms. The Morgan fingerprint density at radius 2 is 1.63 bits per heavy atom. The van der Waals surface area contributed by atoms with Gasteiger partial charge < -0.3 is 24.8 Å². The van der Waals surface area contributed by atoms with E-state index in [4.69, 9.17) is 13.6 Å². The zero-order valence-corrected chi connectivity index (χ0v) is 22.0. The van der Waals surface area contributed by atoms with Crippen molar-refractivity contribution in [1.82, 2.24) is 0 Å². The molecule has 3 aliphatic rings. The van der Waals surface area contributed by atoms with Crippen LogP contribution in [0.2, 0.25) is 0 Å². The van der Waals surface area contributed by atoms with Crippen molar-refractivity contribution >= 4 is 39.9 Å². The standard InChI is InChI=1S/C13H9.C11H6BrO.2ClH.S.Zr/c1-3-7-12-10(5-1)9-11-6-2-4-8-13(11)12;12-10-6-8-5-7-3-1-2-4-9(7)11(8)13-10;;;;/h1-7H,9H2;1-5,10H;2*1H;;/q;;;;;+2/p-2. The van der Waals surface area contributed by atoms with Gasteiger partial charge in [-0.2, -0.15) is 0 Å². The van der Waals surface area contributed by atoms with Gasteiger partial charge in [0.2, 0.25) is 0 Å². The van der Waals surface area contributed by atoms with Crippen molar-refractivity contribution in [1.29, 1.82) is 0 Å². The summed E-state index contributed by atoms with van der Waals surface area (Å²) in [6, 6.07) is 23.9. The Morgan fingerprint density at radius 3 is 2.50 bits per heavy atom. The van der Waals surface area contributed by atoms with Gasteiger partial charge in [-0.25, -0.2) is 0 Å². The average molecular weight is 593 g/mol. The monoisotopic (exact) mass is 590 g/mol. The Hall–Kier alpha value is -0.897. The number of halogens is 3.